The Morgan fingerprint density at radius 2 is 1.43 bits per heavy atom. The molecule has 0 saturated carbocycles. The molecule has 1 aliphatic rings. The Morgan fingerprint density at radius 3 is 2.00 bits per heavy atom. The maximum atomic E-state index is 14.8. The van der Waals surface area contributed by atoms with Gasteiger partial charge >= 0.3 is 13.7 Å². The van der Waals surface area contributed by atoms with E-state index >= 15 is 0 Å². The molecule has 5 rings (SSSR count). The van der Waals surface area contributed by atoms with Crippen molar-refractivity contribution in [3.8, 4) is 17.6 Å². The van der Waals surface area contributed by atoms with Crippen LogP contribution in [0.1, 0.15) is 35.2 Å². The largest absolute Gasteiger partial charge is 0.445 e. The van der Waals surface area contributed by atoms with Gasteiger partial charge in [-0.1, -0.05) is 78.9 Å². The minimum Gasteiger partial charge on any atom is -0.445 e. The van der Waals surface area contributed by atoms with E-state index in [4.69, 9.17) is 13.8 Å². The molecule has 9 nitrogen and oxygen atoms in total. The van der Waals surface area contributed by atoms with Crippen LogP contribution < -0.4 is 14.4 Å². The summed E-state index contributed by atoms with van der Waals surface area (Å²) in [5.41, 5.74) is 0.860. The highest BCUT2D eigenvalue weighted by atomic mass is 31.2. The molecule has 1 aliphatic heterocycles. The lowest BCUT2D eigenvalue weighted by Gasteiger charge is -2.29. The van der Waals surface area contributed by atoms with E-state index in [-0.39, 0.29) is 13.2 Å². The summed E-state index contributed by atoms with van der Waals surface area (Å²) in [7, 11) is -4.09. The van der Waals surface area contributed by atoms with Crippen molar-refractivity contribution in [3.05, 3.63) is 132 Å². The topological polar surface area (TPSA) is 118 Å². The van der Waals surface area contributed by atoms with Gasteiger partial charge in [0.1, 0.15) is 29.8 Å². The number of likely N-dealkylation sites (tertiary alicyclic amines) is 1. The summed E-state index contributed by atoms with van der Waals surface area (Å²) >= 11 is 0. The second-order valence-electron chi connectivity index (χ2n) is 10.2. The molecule has 1 fully saturated rings. The summed E-state index contributed by atoms with van der Waals surface area (Å²) in [6, 6.07) is 34.6. The van der Waals surface area contributed by atoms with Gasteiger partial charge in [0, 0.05) is 13.1 Å². The average molecular weight is 610 g/mol. The van der Waals surface area contributed by atoms with E-state index in [1.807, 2.05) is 42.5 Å². The number of nitrogens with one attached hydrogen (secondary N) is 1. The van der Waals surface area contributed by atoms with Crippen LogP contribution >= 0.6 is 7.60 Å². The Kier molecular flexibility index (Phi) is 9.96. The summed E-state index contributed by atoms with van der Waals surface area (Å²) in [6.45, 7) is 0.366. The molecular formula is C34H32N3O6P. The molecule has 1 unspecified atom stereocenters. The molecule has 1 saturated heterocycles. The van der Waals surface area contributed by atoms with Crippen LogP contribution in [0.15, 0.2) is 115 Å². The number of amides is 2. The number of para-hydroxylation sites is 2. The van der Waals surface area contributed by atoms with Crippen LogP contribution in [0, 0.1) is 11.3 Å². The van der Waals surface area contributed by atoms with E-state index in [9.17, 15) is 19.4 Å². The fourth-order valence-corrected chi connectivity index (χ4v) is 6.94. The van der Waals surface area contributed by atoms with Crippen LogP contribution in [0.3, 0.4) is 0 Å². The third-order valence-corrected chi connectivity index (χ3v) is 9.40. The van der Waals surface area contributed by atoms with Gasteiger partial charge in [-0.2, -0.15) is 5.26 Å². The van der Waals surface area contributed by atoms with Gasteiger partial charge in [0.05, 0.1) is 11.6 Å². The van der Waals surface area contributed by atoms with Crippen LogP contribution in [0.25, 0.3) is 0 Å². The number of rotatable bonds is 11. The van der Waals surface area contributed by atoms with Gasteiger partial charge in [-0.3, -0.25) is 9.69 Å². The lowest BCUT2D eigenvalue weighted by atomic mass is 10.1. The van der Waals surface area contributed by atoms with Crippen LogP contribution in [0.2, 0.25) is 0 Å². The first-order valence-corrected chi connectivity index (χ1v) is 15.9. The van der Waals surface area contributed by atoms with Crippen molar-refractivity contribution in [2.75, 3.05) is 13.1 Å². The number of hydrogen-bond donors (Lipinski definition) is 1. The maximum absolute atomic E-state index is 14.8. The molecule has 1 N–H and O–H groups in total. The maximum Gasteiger partial charge on any atom is 0.439 e. The first-order chi connectivity index (χ1) is 21.4. The Hall–Kier alpha value is -5.06. The third kappa shape index (κ3) is 7.66. The average Bonchev–Trinajstić information content (AvgIpc) is 3.56. The van der Waals surface area contributed by atoms with E-state index in [0.717, 1.165) is 5.56 Å². The van der Waals surface area contributed by atoms with E-state index in [1.165, 1.54) is 4.90 Å². The summed E-state index contributed by atoms with van der Waals surface area (Å²) < 4.78 is 32.5. The molecule has 0 aliphatic carbocycles. The van der Waals surface area contributed by atoms with Crippen LogP contribution in [0.5, 0.6) is 11.5 Å². The van der Waals surface area contributed by atoms with Crippen molar-refractivity contribution in [3.63, 3.8) is 0 Å². The van der Waals surface area contributed by atoms with E-state index in [1.54, 1.807) is 72.8 Å². The summed E-state index contributed by atoms with van der Waals surface area (Å²) in [5, 5.41) is 12.2. The van der Waals surface area contributed by atoms with Crippen molar-refractivity contribution in [1.82, 2.24) is 10.2 Å². The fourth-order valence-electron chi connectivity index (χ4n) is 4.97. The minimum absolute atomic E-state index is 0.0993. The zero-order valence-corrected chi connectivity index (χ0v) is 24.8. The van der Waals surface area contributed by atoms with Crippen molar-refractivity contribution in [2.45, 2.75) is 31.1 Å². The van der Waals surface area contributed by atoms with Crippen molar-refractivity contribution < 1.29 is 27.9 Å². The van der Waals surface area contributed by atoms with Crippen LogP contribution in [-0.4, -0.2) is 36.0 Å². The number of nitriles is 1. The lowest BCUT2D eigenvalue weighted by molar-refractivity contribution is -0.125. The second kappa shape index (κ2) is 14.4. The second-order valence-corrected chi connectivity index (χ2v) is 12.3. The number of hydrogen-bond acceptors (Lipinski definition) is 7. The van der Waals surface area contributed by atoms with Gasteiger partial charge in [0.15, 0.2) is 0 Å². The molecule has 0 radical (unpaired) electrons. The monoisotopic (exact) mass is 609 g/mol. The summed E-state index contributed by atoms with van der Waals surface area (Å²) in [5.74, 6) is 0.267. The molecule has 4 aromatic carbocycles. The Bertz CT molecular complexity index is 1580. The first-order valence-electron chi connectivity index (χ1n) is 14.3. The van der Waals surface area contributed by atoms with Gasteiger partial charge in [0.2, 0.25) is 5.91 Å². The van der Waals surface area contributed by atoms with Crippen LogP contribution in [-0.2, 0) is 20.7 Å². The summed E-state index contributed by atoms with van der Waals surface area (Å²) in [4.78, 5) is 27.9. The van der Waals surface area contributed by atoms with Gasteiger partial charge in [0.25, 0.3) is 0 Å². The standard InChI is InChI=1S/C34H32N3O6P/c35-23-26-18-20-28(21-19-26)32(44(40,42-29-13-6-2-7-14-29)43-30-15-8-3-9-16-30)24-36-33(38)31-17-10-22-37(31)34(39)41-25-27-11-4-1-5-12-27/h1-9,11-16,18-21,31-32H,10,17,22,24-25H2,(H,36,38)/t31-,32?/m0/s1. The third-order valence-electron chi connectivity index (χ3n) is 7.22. The van der Waals surface area contributed by atoms with Crippen molar-refractivity contribution >= 4 is 19.6 Å². The SMILES string of the molecule is N#Cc1ccc(C(CNC(=O)[C@@H]2CCCN2C(=O)OCc2ccccc2)P(=O)(Oc2ccccc2)Oc2ccccc2)cc1. The van der Waals surface area contributed by atoms with E-state index in [2.05, 4.69) is 11.4 Å². The molecule has 224 valence electrons. The van der Waals surface area contributed by atoms with Crippen LogP contribution in [0.4, 0.5) is 4.79 Å². The fraction of sp³-hybridized carbons (Fsp3) is 0.206. The highest BCUT2D eigenvalue weighted by Gasteiger charge is 2.42. The van der Waals surface area contributed by atoms with Gasteiger partial charge in [-0.05, 0) is 60.4 Å². The molecule has 2 amide bonds. The molecule has 0 spiro atoms. The molecule has 2 atom stereocenters. The molecule has 44 heavy (non-hydrogen) atoms. The Labute approximate surface area is 256 Å². The molecule has 4 aromatic rings. The molecule has 10 heteroatoms. The van der Waals surface area contributed by atoms with E-state index < -0.39 is 31.3 Å². The number of carbonyl (C=O) groups is 2. The highest BCUT2D eigenvalue weighted by Crippen LogP contribution is 2.60. The first kappa shape index (κ1) is 30.4. The quantitative estimate of drug-likeness (QED) is 0.184. The van der Waals surface area contributed by atoms with Gasteiger partial charge in [-0.15, -0.1) is 0 Å². The van der Waals surface area contributed by atoms with Crippen molar-refractivity contribution in [2.24, 2.45) is 0 Å². The lowest BCUT2D eigenvalue weighted by Crippen LogP contribution is -2.47. The molecule has 0 aromatic heterocycles. The smallest absolute Gasteiger partial charge is 0.439 e. The predicted octanol–water partition coefficient (Wildman–Crippen LogP) is 6.87. The number of carbonyl (C=O) groups excluding carboxylic acids is 2. The molecule has 1 heterocycles. The Morgan fingerprint density at radius 1 is 0.864 bits per heavy atom. The molecule has 0 bridgehead atoms. The number of ether oxygens (including phenoxy) is 1. The highest BCUT2D eigenvalue weighted by molar-refractivity contribution is 7.55. The number of benzene rings is 4. The van der Waals surface area contributed by atoms with E-state index in [0.29, 0.717) is 42.0 Å². The van der Waals surface area contributed by atoms with Crippen molar-refractivity contribution in [1.29, 1.82) is 5.26 Å². The Balaban J connectivity index is 1.38. The van der Waals surface area contributed by atoms with Gasteiger partial charge < -0.3 is 19.1 Å². The number of nitrogens with zero attached hydrogens (tertiary/aromatic N) is 2. The normalized spacial score (nSPS) is 15.1. The zero-order valence-electron chi connectivity index (χ0n) is 24.0. The zero-order chi connectivity index (χ0) is 30.8. The minimum atomic E-state index is -4.09. The summed E-state index contributed by atoms with van der Waals surface area (Å²) in [6.07, 6.45) is 0.539. The van der Waals surface area contributed by atoms with Gasteiger partial charge in [-0.25, -0.2) is 9.36 Å². The molecular weight excluding hydrogens is 577 g/mol. The predicted molar refractivity (Wildman–Crippen MR) is 165 cm³/mol.